The molecule has 1 aliphatic rings. The summed E-state index contributed by atoms with van der Waals surface area (Å²) in [4.78, 5) is 17.0. The van der Waals surface area contributed by atoms with Crippen LogP contribution in [0.15, 0.2) is 57.9 Å². The van der Waals surface area contributed by atoms with Crippen molar-refractivity contribution >= 4 is 29.1 Å². The zero-order valence-electron chi connectivity index (χ0n) is 15.7. The van der Waals surface area contributed by atoms with Crippen molar-refractivity contribution in [1.82, 2.24) is 4.68 Å². The van der Waals surface area contributed by atoms with Crippen molar-refractivity contribution < 1.29 is 9.53 Å². The maximum atomic E-state index is 11.6. The van der Waals surface area contributed by atoms with Gasteiger partial charge >= 0.3 is 0 Å². The lowest BCUT2D eigenvalue weighted by Crippen LogP contribution is -2.25. The highest BCUT2D eigenvalue weighted by Gasteiger charge is 2.17. The van der Waals surface area contributed by atoms with E-state index in [1.54, 1.807) is 0 Å². The average molecular weight is 392 g/mol. The summed E-state index contributed by atoms with van der Waals surface area (Å²) in [6, 6.07) is 13.9. The van der Waals surface area contributed by atoms with Crippen LogP contribution < -0.4 is 14.9 Å². The molecule has 7 heteroatoms. The van der Waals surface area contributed by atoms with E-state index in [0.29, 0.717) is 18.0 Å². The van der Waals surface area contributed by atoms with Gasteiger partial charge in [0.1, 0.15) is 5.75 Å². The van der Waals surface area contributed by atoms with Crippen LogP contribution in [0.25, 0.3) is 11.3 Å². The molecule has 0 saturated heterocycles. The number of carbonyl (C=O) groups is 1. The molecule has 2 heterocycles. The normalized spacial score (nSPS) is 14.1. The van der Waals surface area contributed by atoms with E-state index in [4.69, 9.17) is 4.74 Å². The highest BCUT2D eigenvalue weighted by molar-refractivity contribution is 7.07. The Balaban J connectivity index is 1.76. The summed E-state index contributed by atoms with van der Waals surface area (Å²) in [6.45, 7) is 4.78. The van der Waals surface area contributed by atoms with Crippen molar-refractivity contribution in [3.05, 3.63) is 63.8 Å². The molecule has 1 N–H and O–H groups in total. The molecule has 0 unspecified atom stereocenters. The third-order valence-corrected chi connectivity index (χ3v) is 5.14. The van der Waals surface area contributed by atoms with Gasteiger partial charge in [-0.2, -0.15) is 5.10 Å². The van der Waals surface area contributed by atoms with E-state index in [1.807, 2.05) is 53.5 Å². The van der Waals surface area contributed by atoms with Gasteiger partial charge in [0.15, 0.2) is 6.61 Å². The summed E-state index contributed by atoms with van der Waals surface area (Å²) in [5.41, 5.74) is 4.73. The zero-order chi connectivity index (χ0) is 19.5. The van der Waals surface area contributed by atoms with Crippen molar-refractivity contribution in [2.45, 2.75) is 13.8 Å². The highest BCUT2D eigenvalue weighted by atomic mass is 32.1. The van der Waals surface area contributed by atoms with E-state index in [2.05, 4.69) is 34.5 Å². The second kappa shape index (κ2) is 7.82. The number of nitrogens with zero attached hydrogens (tertiary/aromatic N) is 3. The number of nitrogens with one attached hydrogen (secondary N) is 1. The molecule has 1 amide bonds. The lowest BCUT2D eigenvalue weighted by Gasteiger charge is -2.18. The molecule has 2 aromatic carbocycles. The van der Waals surface area contributed by atoms with Gasteiger partial charge in [0.2, 0.25) is 4.80 Å². The summed E-state index contributed by atoms with van der Waals surface area (Å²) in [6.07, 6.45) is 1.83. The minimum Gasteiger partial charge on any atom is -0.482 e. The number of amides is 1. The Labute approximate surface area is 166 Å². The van der Waals surface area contributed by atoms with Crippen LogP contribution in [0.2, 0.25) is 0 Å². The highest BCUT2D eigenvalue weighted by Crippen LogP contribution is 2.32. The summed E-state index contributed by atoms with van der Waals surface area (Å²) in [7, 11) is 0. The number of benzene rings is 2. The largest absolute Gasteiger partial charge is 0.482 e. The second-order valence-electron chi connectivity index (χ2n) is 6.39. The first-order valence-corrected chi connectivity index (χ1v) is 9.91. The number of aromatic nitrogens is 1. The summed E-state index contributed by atoms with van der Waals surface area (Å²) >= 11 is 1.54. The SMILES string of the molecule is CCN=c1scc(-c2ccc3c(c2)NC(=O)CO3)n1N=Cc1ccc(C)cc1. The first-order valence-electron chi connectivity index (χ1n) is 9.03. The van der Waals surface area contributed by atoms with E-state index in [9.17, 15) is 4.79 Å². The Bertz CT molecular complexity index is 1110. The number of ether oxygens (including phenoxy) is 1. The van der Waals surface area contributed by atoms with Crippen molar-refractivity contribution in [1.29, 1.82) is 0 Å². The number of carbonyl (C=O) groups excluding carboxylic acids is 1. The van der Waals surface area contributed by atoms with E-state index in [1.165, 1.54) is 16.9 Å². The van der Waals surface area contributed by atoms with Crippen LogP contribution in [0.5, 0.6) is 5.75 Å². The fraction of sp³-hybridized carbons (Fsp3) is 0.190. The molecular weight excluding hydrogens is 372 g/mol. The molecule has 0 saturated carbocycles. The molecule has 1 aromatic heterocycles. The fourth-order valence-electron chi connectivity index (χ4n) is 2.87. The van der Waals surface area contributed by atoms with Crippen LogP contribution in [0.3, 0.4) is 0 Å². The lowest BCUT2D eigenvalue weighted by atomic mass is 10.1. The molecule has 3 aromatic rings. The number of thiazole rings is 1. The molecule has 0 radical (unpaired) electrons. The Kier molecular flexibility index (Phi) is 5.08. The summed E-state index contributed by atoms with van der Waals surface area (Å²) in [5, 5.41) is 9.55. The van der Waals surface area contributed by atoms with Gasteiger partial charge in [-0.3, -0.25) is 9.79 Å². The van der Waals surface area contributed by atoms with E-state index < -0.39 is 0 Å². The van der Waals surface area contributed by atoms with Crippen LogP contribution in [-0.4, -0.2) is 29.9 Å². The van der Waals surface area contributed by atoms with Crippen molar-refractivity contribution in [3.63, 3.8) is 0 Å². The molecule has 6 nitrogen and oxygen atoms in total. The van der Waals surface area contributed by atoms with Gasteiger partial charge in [0.05, 0.1) is 17.6 Å². The second-order valence-corrected chi connectivity index (χ2v) is 7.23. The molecule has 28 heavy (non-hydrogen) atoms. The van der Waals surface area contributed by atoms with Crippen LogP contribution in [0.4, 0.5) is 5.69 Å². The smallest absolute Gasteiger partial charge is 0.262 e. The zero-order valence-corrected chi connectivity index (χ0v) is 16.5. The maximum absolute atomic E-state index is 11.6. The number of hydrogen-bond acceptors (Lipinski definition) is 5. The average Bonchev–Trinajstić information content (AvgIpc) is 3.10. The maximum Gasteiger partial charge on any atom is 0.262 e. The van der Waals surface area contributed by atoms with Gasteiger partial charge < -0.3 is 10.1 Å². The predicted octanol–water partition coefficient (Wildman–Crippen LogP) is 3.66. The molecule has 1 aliphatic heterocycles. The number of fused-ring (bicyclic) bond motifs is 1. The van der Waals surface area contributed by atoms with Crippen LogP contribution >= 0.6 is 11.3 Å². The molecule has 142 valence electrons. The number of aryl methyl sites for hydroxylation is 1. The molecule has 0 fully saturated rings. The predicted molar refractivity (Wildman–Crippen MR) is 112 cm³/mol. The van der Waals surface area contributed by atoms with Crippen molar-refractivity contribution in [2.75, 3.05) is 18.5 Å². The fourth-order valence-corrected chi connectivity index (χ4v) is 3.77. The topological polar surface area (TPSA) is 68.0 Å². The minimum absolute atomic E-state index is 0.0468. The molecule has 0 spiro atoms. The van der Waals surface area contributed by atoms with E-state index in [-0.39, 0.29) is 12.5 Å². The Morgan fingerprint density at radius 1 is 1.25 bits per heavy atom. The van der Waals surface area contributed by atoms with Crippen molar-refractivity contribution in [3.8, 4) is 17.0 Å². The molecule has 0 bridgehead atoms. The number of hydrogen-bond donors (Lipinski definition) is 1. The number of rotatable bonds is 4. The Hall–Kier alpha value is -3.19. The Morgan fingerprint density at radius 2 is 2.07 bits per heavy atom. The Morgan fingerprint density at radius 3 is 2.86 bits per heavy atom. The van der Waals surface area contributed by atoms with Crippen LogP contribution in [0, 0.1) is 6.92 Å². The third-order valence-electron chi connectivity index (χ3n) is 4.29. The third kappa shape index (κ3) is 3.75. The minimum atomic E-state index is -0.151. The molecular formula is C21H20N4O2S. The lowest BCUT2D eigenvalue weighted by molar-refractivity contribution is -0.118. The monoisotopic (exact) mass is 392 g/mol. The van der Waals surface area contributed by atoms with Gasteiger partial charge in [-0.1, -0.05) is 29.8 Å². The standard InChI is InChI=1S/C21H20N4O2S/c1-3-22-21-25(23-11-15-6-4-14(2)5-7-15)18(13-28-21)16-8-9-19-17(10-16)24-20(26)12-27-19/h4-11,13H,3,12H2,1-2H3,(H,24,26). The van der Waals surface area contributed by atoms with Gasteiger partial charge in [-0.25, -0.2) is 4.68 Å². The quantitative estimate of drug-likeness (QED) is 0.689. The van der Waals surface area contributed by atoms with Gasteiger partial charge in [-0.15, -0.1) is 11.3 Å². The van der Waals surface area contributed by atoms with Gasteiger partial charge in [-0.05, 0) is 37.6 Å². The van der Waals surface area contributed by atoms with E-state index in [0.717, 1.165) is 21.6 Å². The molecule has 4 rings (SSSR count). The molecule has 0 atom stereocenters. The summed E-state index contributed by atoms with van der Waals surface area (Å²) in [5.74, 6) is 0.522. The van der Waals surface area contributed by atoms with E-state index >= 15 is 0 Å². The van der Waals surface area contributed by atoms with Crippen LogP contribution in [0.1, 0.15) is 18.1 Å². The molecule has 0 aliphatic carbocycles. The summed E-state index contributed by atoms with van der Waals surface area (Å²) < 4.78 is 7.29. The van der Waals surface area contributed by atoms with Crippen molar-refractivity contribution in [2.24, 2.45) is 10.1 Å². The first-order chi connectivity index (χ1) is 13.6. The van der Waals surface area contributed by atoms with Gasteiger partial charge in [0, 0.05) is 17.5 Å². The number of anilines is 1. The van der Waals surface area contributed by atoms with Gasteiger partial charge in [0.25, 0.3) is 5.91 Å². The van der Waals surface area contributed by atoms with Crippen LogP contribution in [-0.2, 0) is 4.79 Å². The first kappa shape index (κ1) is 18.2.